The fourth-order valence-corrected chi connectivity index (χ4v) is 2.33. The Morgan fingerprint density at radius 1 is 1.15 bits per heavy atom. The van der Waals surface area contributed by atoms with E-state index >= 15 is 0 Å². The number of hydrogen-bond acceptors (Lipinski definition) is 1. The number of thioether (sulfide) groups is 1. The van der Waals surface area contributed by atoms with Crippen LogP contribution in [0.15, 0.2) is 35.2 Å². The highest BCUT2D eigenvalue weighted by Gasteiger charge is 2.10. The van der Waals surface area contributed by atoms with Gasteiger partial charge < -0.3 is 0 Å². The normalized spacial score (nSPS) is 15.3. The van der Waals surface area contributed by atoms with Crippen LogP contribution in [-0.4, -0.2) is 5.25 Å². The zero-order chi connectivity index (χ0) is 9.68. The highest BCUT2D eigenvalue weighted by Crippen LogP contribution is 2.28. The molecule has 0 aliphatic rings. The average Bonchev–Trinajstić information content (AvgIpc) is 2.18. The lowest BCUT2D eigenvalue weighted by atomic mass is 10.1. The highest BCUT2D eigenvalue weighted by atomic mass is 32.2. The summed E-state index contributed by atoms with van der Waals surface area (Å²) in [6.45, 7) is 6.89. The molecule has 0 N–H and O–H groups in total. The molecule has 0 fully saturated rings. The van der Waals surface area contributed by atoms with Gasteiger partial charge in [-0.3, -0.25) is 0 Å². The zero-order valence-electron chi connectivity index (χ0n) is 8.66. The van der Waals surface area contributed by atoms with Gasteiger partial charge in [0.1, 0.15) is 0 Å². The maximum atomic E-state index is 2.32. The van der Waals surface area contributed by atoms with Gasteiger partial charge in [-0.1, -0.05) is 45.4 Å². The number of hydrogen-bond donors (Lipinski definition) is 0. The molecule has 13 heavy (non-hydrogen) atoms. The van der Waals surface area contributed by atoms with E-state index < -0.39 is 0 Å². The number of benzene rings is 1. The van der Waals surface area contributed by atoms with Crippen molar-refractivity contribution in [2.24, 2.45) is 5.92 Å². The maximum Gasteiger partial charge on any atom is 0.00916 e. The Morgan fingerprint density at radius 2 is 1.77 bits per heavy atom. The first-order valence-corrected chi connectivity index (χ1v) is 5.83. The summed E-state index contributed by atoms with van der Waals surface area (Å²) in [5.74, 6) is 0.796. The van der Waals surface area contributed by atoms with Gasteiger partial charge >= 0.3 is 0 Å². The summed E-state index contributed by atoms with van der Waals surface area (Å²) in [5.41, 5.74) is 0. The van der Waals surface area contributed by atoms with E-state index in [0.717, 1.165) is 5.92 Å². The first-order chi connectivity index (χ1) is 6.24. The molecule has 0 saturated carbocycles. The molecule has 2 atom stereocenters. The van der Waals surface area contributed by atoms with Gasteiger partial charge in [0.2, 0.25) is 0 Å². The van der Waals surface area contributed by atoms with Crippen LogP contribution in [0, 0.1) is 5.92 Å². The van der Waals surface area contributed by atoms with Gasteiger partial charge in [0.05, 0.1) is 0 Å². The SMILES string of the molecule is CCC(C)[C@@H](C)Sc1ccccc1. The first-order valence-electron chi connectivity index (χ1n) is 4.95. The minimum atomic E-state index is 0.715. The standard InChI is InChI=1S/C12H18S/c1-4-10(2)11(3)13-12-8-6-5-7-9-12/h5-11H,4H2,1-3H3/t10?,11-/m1/s1. The highest BCUT2D eigenvalue weighted by molar-refractivity contribution is 8.00. The third-order valence-corrected chi connectivity index (χ3v) is 3.89. The predicted octanol–water partition coefficient (Wildman–Crippen LogP) is 4.21. The molecule has 1 heteroatoms. The zero-order valence-corrected chi connectivity index (χ0v) is 9.47. The van der Waals surface area contributed by atoms with E-state index in [4.69, 9.17) is 0 Å². The molecule has 1 unspecified atom stereocenters. The fourth-order valence-electron chi connectivity index (χ4n) is 1.16. The van der Waals surface area contributed by atoms with Gasteiger partial charge in [-0.05, 0) is 18.1 Å². The lowest BCUT2D eigenvalue weighted by Gasteiger charge is -2.17. The molecule has 0 nitrogen and oxygen atoms in total. The molecule has 0 aliphatic heterocycles. The van der Waals surface area contributed by atoms with E-state index in [1.165, 1.54) is 11.3 Å². The largest absolute Gasteiger partial charge is 0.123 e. The van der Waals surface area contributed by atoms with Crippen LogP contribution in [0.3, 0.4) is 0 Å². The van der Waals surface area contributed by atoms with Gasteiger partial charge in [-0.25, -0.2) is 0 Å². The Labute approximate surface area is 85.7 Å². The fraction of sp³-hybridized carbons (Fsp3) is 0.500. The van der Waals surface area contributed by atoms with E-state index in [0.29, 0.717) is 5.25 Å². The topological polar surface area (TPSA) is 0 Å². The molecule has 0 heterocycles. The van der Waals surface area contributed by atoms with Crippen LogP contribution in [0.2, 0.25) is 0 Å². The van der Waals surface area contributed by atoms with Crippen LogP contribution >= 0.6 is 11.8 Å². The quantitative estimate of drug-likeness (QED) is 0.647. The molecule has 0 aromatic heterocycles. The van der Waals surface area contributed by atoms with E-state index in [1.54, 1.807) is 0 Å². The third kappa shape index (κ3) is 3.43. The number of rotatable bonds is 4. The second-order valence-corrected chi connectivity index (χ2v) is 4.97. The van der Waals surface area contributed by atoms with Crippen LogP contribution in [0.4, 0.5) is 0 Å². The summed E-state index contributed by atoms with van der Waals surface area (Å²) >= 11 is 1.98. The van der Waals surface area contributed by atoms with Crippen molar-refractivity contribution in [3.8, 4) is 0 Å². The Hall–Kier alpha value is -0.430. The molecule has 0 radical (unpaired) electrons. The second kappa shape index (κ2) is 5.33. The first kappa shape index (κ1) is 10.6. The minimum absolute atomic E-state index is 0.715. The molecule has 0 saturated heterocycles. The van der Waals surface area contributed by atoms with Gasteiger partial charge in [0.25, 0.3) is 0 Å². The van der Waals surface area contributed by atoms with E-state index in [2.05, 4.69) is 51.1 Å². The second-order valence-electron chi connectivity index (χ2n) is 3.52. The Bertz CT molecular complexity index is 230. The van der Waals surface area contributed by atoms with Crippen molar-refractivity contribution in [3.63, 3.8) is 0 Å². The molecule has 1 aromatic carbocycles. The molecule has 0 spiro atoms. The van der Waals surface area contributed by atoms with E-state index in [1.807, 2.05) is 11.8 Å². The smallest absolute Gasteiger partial charge is 0.00916 e. The van der Waals surface area contributed by atoms with Crippen molar-refractivity contribution in [3.05, 3.63) is 30.3 Å². The summed E-state index contributed by atoms with van der Waals surface area (Å²) in [6, 6.07) is 10.6. The van der Waals surface area contributed by atoms with Gasteiger partial charge in [0, 0.05) is 10.1 Å². The monoisotopic (exact) mass is 194 g/mol. The Balaban J connectivity index is 2.50. The van der Waals surface area contributed by atoms with E-state index in [9.17, 15) is 0 Å². The summed E-state index contributed by atoms with van der Waals surface area (Å²) in [6.07, 6.45) is 1.26. The summed E-state index contributed by atoms with van der Waals surface area (Å²) in [4.78, 5) is 1.38. The maximum absolute atomic E-state index is 2.32. The van der Waals surface area contributed by atoms with Crippen LogP contribution in [0.25, 0.3) is 0 Å². The summed E-state index contributed by atoms with van der Waals surface area (Å²) < 4.78 is 0. The van der Waals surface area contributed by atoms with Crippen molar-refractivity contribution in [1.82, 2.24) is 0 Å². The van der Waals surface area contributed by atoms with Crippen LogP contribution in [-0.2, 0) is 0 Å². The van der Waals surface area contributed by atoms with E-state index in [-0.39, 0.29) is 0 Å². The average molecular weight is 194 g/mol. The van der Waals surface area contributed by atoms with Crippen molar-refractivity contribution < 1.29 is 0 Å². The van der Waals surface area contributed by atoms with Crippen LogP contribution in [0.1, 0.15) is 27.2 Å². The minimum Gasteiger partial charge on any atom is -0.123 e. The van der Waals surface area contributed by atoms with Crippen molar-refractivity contribution in [2.45, 2.75) is 37.3 Å². The van der Waals surface area contributed by atoms with Crippen LogP contribution < -0.4 is 0 Å². The van der Waals surface area contributed by atoms with Gasteiger partial charge in [-0.2, -0.15) is 0 Å². The molecular formula is C12H18S. The Kier molecular flexibility index (Phi) is 4.37. The molecule has 0 amide bonds. The van der Waals surface area contributed by atoms with Gasteiger partial charge in [-0.15, -0.1) is 11.8 Å². The van der Waals surface area contributed by atoms with Crippen molar-refractivity contribution in [1.29, 1.82) is 0 Å². The molecule has 1 rings (SSSR count). The molecule has 0 bridgehead atoms. The molecule has 1 aromatic rings. The molecule has 0 aliphatic carbocycles. The summed E-state index contributed by atoms with van der Waals surface area (Å²) in [5, 5.41) is 0.715. The Morgan fingerprint density at radius 3 is 2.31 bits per heavy atom. The third-order valence-electron chi connectivity index (χ3n) is 2.51. The molecule has 72 valence electrons. The van der Waals surface area contributed by atoms with Gasteiger partial charge in [0.15, 0.2) is 0 Å². The van der Waals surface area contributed by atoms with Crippen molar-refractivity contribution in [2.75, 3.05) is 0 Å². The molecular weight excluding hydrogens is 176 g/mol. The lowest BCUT2D eigenvalue weighted by molar-refractivity contribution is 0.558. The predicted molar refractivity (Wildman–Crippen MR) is 61.2 cm³/mol. The van der Waals surface area contributed by atoms with Crippen LogP contribution in [0.5, 0.6) is 0 Å². The lowest BCUT2D eigenvalue weighted by Crippen LogP contribution is -2.08. The summed E-state index contributed by atoms with van der Waals surface area (Å²) in [7, 11) is 0. The van der Waals surface area contributed by atoms with Crippen molar-refractivity contribution >= 4 is 11.8 Å².